The van der Waals surface area contributed by atoms with Crippen LogP contribution in [-0.2, 0) is 6.54 Å². The molecular weight excluding hydrogens is 312 g/mol. The molecule has 2 rings (SSSR count). The first-order chi connectivity index (χ1) is 9.41. The third-order valence-corrected chi connectivity index (χ3v) is 5.09. The van der Waals surface area contributed by atoms with Crippen molar-refractivity contribution < 1.29 is 0 Å². The summed E-state index contributed by atoms with van der Waals surface area (Å²) in [5.41, 5.74) is 3.12. The van der Waals surface area contributed by atoms with E-state index in [2.05, 4.69) is 65.1 Å². The predicted molar refractivity (Wildman–Crippen MR) is 91.3 cm³/mol. The van der Waals surface area contributed by atoms with Gasteiger partial charge >= 0.3 is 0 Å². The van der Waals surface area contributed by atoms with Crippen molar-refractivity contribution in [1.29, 1.82) is 0 Å². The SMILES string of the molecule is CNCc1ccc(N2CCC(C(C)(C)C)CC2)c(Br)c1. The van der Waals surface area contributed by atoms with Crippen LogP contribution in [0.2, 0.25) is 0 Å². The highest BCUT2D eigenvalue weighted by Gasteiger charge is 2.29. The molecule has 1 N–H and O–H groups in total. The highest BCUT2D eigenvalue weighted by Crippen LogP contribution is 2.37. The summed E-state index contributed by atoms with van der Waals surface area (Å²) in [5.74, 6) is 0.848. The monoisotopic (exact) mass is 338 g/mol. The second-order valence-corrected chi connectivity index (χ2v) is 7.80. The second kappa shape index (κ2) is 6.48. The zero-order valence-electron chi connectivity index (χ0n) is 13.2. The highest BCUT2D eigenvalue weighted by atomic mass is 79.9. The van der Waals surface area contributed by atoms with Gasteiger partial charge in [0.15, 0.2) is 0 Å². The van der Waals surface area contributed by atoms with Crippen molar-refractivity contribution in [2.45, 2.75) is 40.2 Å². The molecule has 112 valence electrons. The topological polar surface area (TPSA) is 15.3 Å². The Kier molecular flexibility index (Phi) is 5.14. The van der Waals surface area contributed by atoms with Crippen LogP contribution in [-0.4, -0.2) is 20.1 Å². The Labute approximate surface area is 132 Å². The third kappa shape index (κ3) is 3.76. The zero-order valence-corrected chi connectivity index (χ0v) is 14.8. The first-order valence-corrected chi connectivity index (χ1v) is 8.39. The summed E-state index contributed by atoms with van der Waals surface area (Å²) in [6, 6.07) is 6.72. The van der Waals surface area contributed by atoms with E-state index in [4.69, 9.17) is 0 Å². The molecule has 1 aromatic rings. The van der Waals surface area contributed by atoms with Gasteiger partial charge in [0.05, 0.1) is 5.69 Å². The molecule has 3 heteroatoms. The molecule has 1 fully saturated rings. The van der Waals surface area contributed by atoms with Crippen LogP contribution in [0.4, 0.5) is 5.69 Å². The fourth-order valence-electron chi connectivity index (χ4n) is 3.11. The molecule has 1 aromatic carbocycles. The molecule has 0 bridgehead atoms. The molecule has 0 saturated carbocycles. The second-order valence-electron chi connectivity index (χ2n) is 6.94. The summed E-state index contributed by atoms with van der Waals surface area (Å²) in [5, 5.41) is 3.20. The van der Waals surface area contributed by atoms with Gasteiger partial charge in [0, 0.05) is 24.1 Å². The number of piperidine rings is 1. The molecule has 0 spiro atoms. The van der Waals surface area contributed by atoms with Crippen molar-refractivity contribution in [3.8, 4) is 0 Å². The fraction of sp³-hybridized carbons (Fsp3) is 0.647. The van der Waals surface area contributed by atoms with E-state index in [0.717, 1.165) is 12.5 Å². The molecule has 0 atom stereocenters. The number of anilines is 1. The van der Waals surface area contributed by atoms with E-state index in [-0.39, 0.29) is 0 Å². The lowest BCUT2D eigenvalue weighted by molar-refractivity contribution is 0.199. The lowest BCUT2D eigenvalue weighted by Crippen LogP contribution is -2.38. The van der Waals surface area contributed by atoms with Crippen LogP contribution in [0.3, 0.4) is 0 Å². The van der Waals surface area contributed by atoms with E-state index < -0.39 is 0 Å². The first-order valence-electron chi connectivity index (χ1n) is 7.60. The summed E-state index contributed by atoms with van der Waals surface area (Å²) in [6.45, 7) is 10.4. The van der Waals surface area contributed by atoms with Gasteiger partial charge in [-0.05, 0) is 64.8 Å². The summed E-state index contributed by atoms with van der Waals surface area (Å²) >= 11 is 3.74. The number of nitrogens with one attached hydrogen (secondary N) is 1. The molecule has 0 amide bonds. The third-order valence-electron chi connectivity index (χ3n) is 4.45. The number of nitrogens with zero attached hydrogens (tertiary/aromatic N) is 1. The van der Waals surface area contributed by atoms with E-state index in [1.165, 1.54) is 41.7 Å². The van der Waals surface area contributed by atoms with Crippen LogP contribution in [0.15, 0.2) is 22.7 Å². The number of benzene rings is 1. The smallest absolute Gasteiger partial charge is 0.0510 e. The molecule has 1 aliphatic heterocycles. The van der Waals surface area contributed by atoms with Crippen molar-refractivity contribution in [3.63, 3.8) is 0 Å². The van der Waals surface area contributed by atoms with Crippen LogP contribution in [0.5, 0.6) is 0 Å². The lowest BCUT2D eigenvalue weighted by atomic mass is 9.75. The number of hydrogen-bond acceptors (Lipinski definition) is 2. The quantitative estimate of drug-likeness (QED) is 0.876. The van der Waals surface area contributed by atoms with E-state index >= 15 is 0 Å². The summed E-state index contributed by atoms with van der Waals surface area (Å²) < 4.78 is 1.22. The van der Waals surface area contributed by atoms with E-state index in [1.807, 2.05) is 7.05 Å². The van der Waals surface area contributed by atoms with Crippen LogP contribution >= 0.6 is 15.9 Å². The van der Waals surface area contributed by atoms with Crippen LogP contribution in [0, 0.1) is 11.3 Å². The van der Waals surface area contributed by atoms with Gasteiger partial charge < -0.3 is 10.2 Å². The molecule has 0 aromatic heterocycles. The molecule has 1 heterocycles. The van der Waals surface area contributed by atoms with Crippen molar-refractivity contribution in [2.24, 2.45) is 11.3 Å². The Hall–Kier alpha value is -0.540. The van der Waals surface area contributed by atoms with Gasteiger partial charge in [0.25, 0.3) is 0 Å². The minimum Gasteiger partial charge on any atom is -0.371 e. The van der Waals surface area contributed by atoms with Gasteiger partial charge in [-0.1, -0.05) is 26.8 Å². The van der Waals surface area contributed by atoms with Gasteiger partial charge in [-0.25, -0.2) is 0 Å². The maximum atomic E-state index is 3.74. The average molecular weight is 339 g/mol. The predicted octanol–water partition coefficient (Wildman–Crippen LogP) is 4.43. The van der Waals surface area contributed by atoms with E-state index in [0.29, 0.717) is 5.41 Å². The van der Waals surface area contributed by atoms with Gasteiger partial charge in [-0.15, -0.1) is 0 Å². The maximum absolute atomic E-state index is 3.74. The molecule has 0 radical (unpaired) electrons. The molecule has 0 unspecified atom stereocenters. The van der Waals surface area contributed by atoms with Crippen molar-refractivity contribution in [3.05, 3.63) is 28.2 Å². The van der Waals surface area contributed by atoms with Gasteiger partial charge in [-0.2, -0.15) is 0 Å². The van der Waals surface area contributed by atoms with Crippen LogP contribution in [0.25, 0.3) is 0 Å². The Morgan fingerprint density at radius 2 is 1.90 bits per heavy atom. The number of halogens is 1. The molecule has 20 heavy (non-hydrogen) atoms. The summed E-state index contributed by atoms with van der Waals surface area (Å²) in [4.78, 5) is 2.52. The van der Waals surface area contributed by atoms with Crippen LogP contribution < -0.4 is 10.2 Å². The Balaban J connectivity index is 2.03. The Morgan fingerprint density at radius 3 is 2.40 bits per heavy atom. The van der Waals surface area contributed by atoms with E-state index in [9.17, 15) is 0 Å². The maximum Gasteiger partial charge on any atom is 0.0510 e. The Morgan fingerprint density at radius 1 is 1.25 bits per heavy atom. The summed E-state index contributed by atoms with van der Waals surface area (Å²) in [7, 11) is 1.99. The molecule has 1 saturated heterocycles. The molecular formula is C17H27BrN2. The first kappa shape index (κ1) is 15.8. The van der Waals surface area contributed by atoms with Crippen molar-refractivity contribution in [1.82, 2.24) is 5.32 Å². The Bertz CT molecular complexity index is 443. The number of rotatable bonds is 3. The molecule has 1 aliphatic rings. The largest absolute Gasteiger partial charge is 0.371 e. The average Bonchev–Trinajstić information content (AvgIpc) is 2.38. The van der Waals surface area contributed by atoms with Crippen molar-refractivity contribution in [2.75, 3.05) is 25.0 Å². The zero-order chi connectivity index (χ0) is 14.8. The highest BCUT2D eigenvalue weighted by molar-refractivity contribution is 9.10. The van der Waals surface area contributed by atoms with Gasteiger partial charge in [0.2, 0.25) is 0 Å². The summed E-state index contributed by atoms with van der Waals surface area (Å²) in [6.07, 6.45) is 2.60. The standard InChI is InChI=1S/C17H27BrN2/c1-17(2,3)14-7-9-20(10-8-14)16-6-5-13(12-19-4)11-15(16)18/h5-6,11,14,19H,7-10,12H2,1-4H3. The molecule has 2 nitrogen and oxygen atoms in total. The van der Waals surface area contributed by atoms with E-state index in [1.54, 1.807) is 0 Å². The normalized spacial score (nSPS) is 17.6. The molecule has 0 aliphatic carbocycles. The fourth-order valence-corrected chi connectivity index (χ4v) is 3.78. The van der Waals surface area contributed by atoms with Gasteiger partial charge in [0.1, 0.15) is 0 Å². The van der Waals surface area contributed by atoms with Crippen LogP contribution in [0.1, 0.15) is 39.2 Å². The minimum atomic E-state index is 0.444. The minimum absolute atomic E-state index is 0.444. The number of hydrogen-bond donors (Lipinski definition) is 1. The van der Waals surface area contributed by atoms with Gasteiger partial charge in [-0.3, -0.25) is 0 Å². The van der Waals surface area contributed by atoms with Crippen molar-refractivity contribution >= 4 is 21.6 Å². The lowest BCUT2D eigenvalue weighted by Gasteiger charge is -2.40.